The summed E-state index contributed by atoms with van der Waals surface area (Å²) in [6.07, 6.45) is 1.42. The lowest BCUT2D eigenvalue weighted by Crippen LogP contribution is -2.29. The number of ketones is 1. The summed E-state index contributed by atoms with van der Waals surface area (Å²) in [6, 6.07) is 11.5. The van der Waals surface area contributed by atoms with Gasteiger partial charge in [0.1, 0.15) is 17.3 Å². The van der Waals surface area contributed by atoms with E-state index in [2.05, 4.69) is 0 Å². The number of carbonyl (C=O) groups is 2. The van der Waals surface area contributed by atoms with Crippen LogP contribution in [0.3, 0.4) is 0 Å². The fraction of sp³-hybridized carbons (Fsp3) is 0.130. The van der Waals surface area contributed by atoms with E-state index in [1.165, 1.54) is 47.6 Å². The van der Waals surface area contributed by atoms with Gasteiger partial charge in [-0.2, -0.15) is 0 Å². The van der Waals surface area contributed by atoms with E-state index >= 15 is 0 Å². The Bertz CT molecular complexity index is 1250. The van der Waals surface area contributed by atoms with Gasteiger partial charge in [-0.05, 0) is 48.4 Å². The van der Waals surface area contributed by atoms with Gasteiger partial charge in [0.25, 0.3) is 17.4 Å². The third kappa shape index (κ3) is 3.64. The fourth-order valence-electron chi connectivity index (χ4n) is 3.63. The average Bonchev–Trinajstić information content (AvgIpc) is 3.37. The number of benzene rings is 2. The Morgan fingerprint density at radius 3 is 2.50 bits per heavy atom. The van der Waals surface area contributed by atoms with Crippen LogP contribution in [0.1, 0.15) is 28.5 Å². The first-order chi connectivity index (χ1) is 15.3. The fourth-order valence-corrected chi connectivity index (χ4v) is 3.63. The van der Waals surface area contributed by atoms with Crippen molar-refractivity contribution in [3.63, 3.8) is 0 Å². The summed E-state index contributed by atoms with van der Waals surface area (Å²) in [5.41, 5.74) is 0.356. The first-order valence-electron chi connectivity index (χ1n) is 9.59. The number of furan rings is 1. The lowest BCUT2D eigenvalue weighted by Gasteiger charge is -2.24. The molecule has 1 unspecified atom stereocenters. The molecule has 0 bridgehead atoms. The molecule has 0 radical (unpaired) electrons. The number of Topliss-reactive ketones (excluding diaryl/α,β-unsaturated/α-hetero) is 1. The largest absolute Gasteiger partial charge is 0.507 e. The Morgan fingerprint density at radius 1 is 1.19 bits per heavy atom. The SMILES string of the molecule is Cc1ccc(/C(O)=C2\C(=O)C(=O)N(Cc3ccco3)C2c2ccc([N+](=O)[O-])cc2)cc1F. The molecule has 32 heavy (non-hydrogen) atoms. The van der Waals surface area contributed by atoms with Crippen LogP contribution >= 0.6 is 0 Å². The smallest absolute Gasteiger partial charge is 0.296 e. The molecule has 9 heteroatoms. The number of nitrogens with zero attached hydrogens (tertiary/aromatic N) is 2. The number of non-ortho nitro benzene ring substituents is 1. The Hall–Kier alpha value is -4.27. The quantitative estimate of drug-likeness (QED) is 0.210. The van der Waals surface area contributed by atoms with Gasteiger partial charge in [0.15, 0.2) is 0 Å². The highest BCUT2D eigenvalue weighted by Crippen LogP contribution is 2.40. The Morgan fingerprint density at radius 2 is 1.91 bits per heavy atom. The normalized spacial score (nSPS) is 17.7. The van der Waals surface area contributed by atoms with Crippen molar-refractivity contribution in [1.29, 1.82) is 0 Å². The molecule has 2 aromatic carbocycles. The third-order valence-electron chi connectivity index (χ3n) is 5.31. The first kappa shape index (κ1) is 21.0. The minimum Gasteiger partial charge on any atom is -0.507 e. The van der Waals surface area contributed by atoms with E-state index in [0.717, 1.165) is 6.07 Å². The molecular weight excluding hydrogens is 419 g/mol. The number of hydrogen-bond donors (Lipinski definition) is 1. The zero-order chi connectivity index (χ0) is 23.0. The molecule has 0 aliphatic carbocycles. The van der Waals surface area contributed by atoms with Crippen LogP contribution in [0.2, 0.25) is 0 Å². The summed E-state index contributed by atoms with van der Waals surface area (Å²) in [7, 11) is 0. The van der Waals surface area contributed by atoms with E-state index < -0.39 is 34.2 Å². The van der Waals surface area contributed by atoms with Crippen molar-refractivity contribution in [3.05, 3.63) is 105 Å². The van der Waals surface area contributed by atoms with Gasteiger partial charge in [0.2, 0.25) is 0 Å². The van der Waals surface area contributed by atoms with Gasteiger partial charge in [0.05, 0.1) is 29.3 Å². The molecule has 1 aromatic heterocycles. The van der Waals surface area contributed by atoms with Crippen molar-refractivity contribution in [1.82, 2.24) is 4.90 Å². The molecule has 1 aliphatic heterocycles. The molecule has 2 heterocycles. The Balaban J connectivity index is 1.87. The number of rotatable bonds is 5. The highest BCUT2D eigenvalue weighted by atomic mass is 19.1. The number of likely N-dealkylation sites (tertiary alicyclic amines) is 1. The van der Waals surface area contributed by atoms with Crippen molar-refractivity contribution in [2.45, 2.75) is 19.5 Å². The number of nitro benzene ring substituents is 1. The summed E-state index contributed by atoms with van der Waals surface area (Å²) in [5, 5.41) is 21.9. The number of aliphatic hydroxyl groups excluding tert-OH is 1. The molecule has 1 saturated heterocycles. The van der Waals surface area contributed by atoms with Gasteiger partial charge in [-0.1, -0.05) is 12.1 Å². The number of hydrogen-bond acceptors (Lipinski definition) is 6. The Kier molecular flexibility index (Phi) is 5.31. The van der Waals surface area contributed by atoms with Crippen LogP contribution in [0.15, 0.2) is 70.9 Å². The zero-order valence-corrected chi connectivity index (χ0v) is 16.8. The van der Waals surface area contributed by atoms with Crippen LogP contribution in [0.5, 0.6) is 0 Å². The minimum atomic E-state index is -1.05. The number of carbonyl (C=O) groups excluding carboxylic acids is 2. The van der Waals surface area contributed by atoms with Crippen LogP contribution in [0.25, 0.3) is 5.76 Å². The first-order valence-corrected chi connectivity index (χ1v) is 9.59. The van der Waals surface area contributed by atoms with Crippen LogP contribution in [0, 0.1) is 22.9 Å². The number of amides is 1. The van der Waals surface area contributed by atoms with Crippen LogP contribution in [-0.4, -0.2) is 26.6 Å². The van der Waals surface area contributed by atoms with Crippen LogP contribution in [-0.2, 0) is 16.1 Å². The van der Waals surface area contributed by atoms with Gasteiger partial charge in [-0.3, -0.25) is 19.7 Å². The Labute approximate surface area is 181 Å². The van der Waals surface area contributed by atoms with Crippen molar-refractivity contribution < 1.29 is 28.4 Å². The summed E-state index contributed by atoms with van der Waals surface area (Å²) in [4.78, 5) is 37.4. The maximum absolute atomic E-state index is 14.1. The summed E-state index contributed by atoms with van der Waals surface area (Å²) in [6.45, 7) is 1.48. The molecule has 0 saturated carbocycles. The van der Waals surface area contributed by atoms with Gasteiger partial charge in [-0.15, -0.1) is 0 Å². The second kappa shape index (κ2) is 8.10. The summed E-state index contributed by atoms with van der Waals surface area (Å²) < 4.78 is 19.4. The molecular formula is C23H17FN2O6. The van der Waals surface area contributed by atoms with Crippen molar-refractivity contribution in [3.8, 4) is 0 Å². The lowest BCUT2D eigenvalue weighted by atomic mass is 9.94. The van der Waals surface area contributed by atoms with E-state index in [0.29, 0.717) is 16.9 Å². The van der Waals surface area contributed by atoms with Crippen LogP contribution < -0.4 is 0 Å². The van der Waals surface area contributed by atoms with E-state index in [1.54, 1.807) is 19.1 Å². The molecule has 0 spiro atoms. The predicted molar refractivity (Wildman–Crippen MR) is 111 cm³/mol. The zero-order valence-electron chi connectivity index (χ0n) is 16.8. The molecule has 3 aromatic rings. The number of aliphatic hydroxyl groups is 1. The molecule has 162 valence electrons. The maximum Gasteiger partial charge on any atom is 0.296 e. The molecule has 1 N–H and O–H groups in total. The van der Waals surface area contributed by atoms with E-state index in [9.17, 15) is 29.2 Å². The third-order valence-corrected chi connectivity index (χ3v) is 5.31. The van der Waals surface area contributed by atoms with Crippen molar-refractivity contribution in [2.24, 2.45) is 0 Å². The number of aryl methyl sites for hydroxylation is 1. The molecule has 1 atom stereocenters. The second-order valence-corrected chi connectivity index (χ2v) is 7.32. The molecule has 8 nitrogen and oxygen atoms in total. The van der Waals surface area contributed by atoms with Crippen LogP contribution in [0.4, 0.5) is 10.1 Å². The van der Waals surface area contributed by atoms with E-state index in [1.807, 2.05) is 0 Å². The summed E-state index contributed by atoms with van der Waals surface area (Å²) >= 11 is 0. The summed E-state index contributed by atoms with van der Waals surface area (Å²) in [5.74, 6) is -2.53. The lowest BCUT2D eigenvalue weighted by molar-refractivity contribution is -0.384. The van der Waals surface area contributed by atoms with E-state index in [4.69, 9.17) is 4.42 Å². The second-order valence-electron chi connectivity index (χ2n) is 7.32. The standard InChI is InChI=1S/C23H17FN2O6/c1-13-4-5-15(11-18(13)24)21(27)19-20(14-6-8-16(9-7-14)26(30)31)25(23(29)22(19)28)12-17-3-2-10-32-17/h2-11,20,27H,12H2,1H3/b21-19+. The molecule has 1 fully saturated rings. The van der Waals surface area contributed by atoms with Crippen molar-refractivity contribution in [2.75, 3.05) is 0 Å². The topological polar surface area (TPSA) is 114 Å². The van der Waals surface area contributed by atoms with Gasteiger partial charge in [-0.25, -0.2) is 4.39 Å². The number of halogens is 1. The monoisotopic (exact) mass is 436 g/mol. The average molecular weight is 436 g/mol. The van der Waals surface area contributed by atoms with Gasteiger partial charge in [0, 0.05) is 17.7 Å². The highest BCUT2D eigenvalue weighted by Gasteiger charge is 2.46. The van der Waals surface area contributed by atoms with Gasteiger partial charge < -0.3 is 14.4 Å². The molecule has 1 aliphatic rings. The highest BCUT2D eigenvalue weighted by molar-refractivity contribution is 6.46. The van der Waals surface area contributed by atoms with Gasteiger partial charge >= 0.3 is 0 Å². The maximum atomic E-state index is 14.1. The van der Waals surface area contributed by atoms with E-state index in [-0.39, 0.29) is 23.4 Å². The molecule has 4 rings (SSSR count). The number of nitro groups is 1. The minimum absolute atomic E-state index is 0.0380. The predicted octanol–water partition coefficient (Wildman–Crippen LogP) is 4.26. The van der Waals surface area contributed by atoms with Crippen molar-refractivity contribution >= 4 is 23.1 Å². The molecule has 1 amide bonds.